The van der Waals surface area contributed by atoms with E-state index in [4.69, 9.17) is 21.1 Å². The first-order chi connectivity index (χ1) is 13.5. The summed E-state index contributed by atoms with van der Waals surface area (Å²) >= 11 is 6.09. The van der Waals surface area contributed by atoms with Crippen LogP contribution in [0.3, 0.4) is 0 Å². The summed E-state index contributed by atoms with van der Waals surface area (Å²) in [5, 5.41) is 3.11. The van der Waals surface area contributed by atoms with Gasteiger partial charge in [-0.25, -0.2) is 9.18 Å². The maximum absolute atomic E-state index is 14.0. The molecule has 0 unspecified atom stereocenters. The molecule has 2 aliphatic heterocycles. The van der Waals surface area contributed by atoms with E-state index in [-0.39, 0.29) is 24.1 Å². The molecule has 5 nitrogen and oxygen atoms in total. The third-order valence-electron chi connectivity index (χ3n) is 5.43. The predicted molar refractivity (Wildman–Crippen MR) is 104 cm³/mol. The van der Waals surface area contributed by atoms with Crippen LogP contribution in [0, 0.1) is 5.82 Å². The largest absolute Gasteiger partial charge is 0.488 e. The topological polar surface area (TPSA) is 50.8 Å². The van der Waals surface area contributed by atoms with Gasteiger partial charge in [0, 0.05) is 43.6 Å². The minimum Gasteiger partial charge on any atom is -0.488 e. The van der Waals surface area contributed by atoms with Gasteiger partial charge in [0.05, 0.1) is 11.6 Å². The highest BCUT2D eigenvalue weighted by Gasteiger charge is 2.42. The lowest BCUT2D eigenvalue weighted by molar-refractivity contribution is -0.00117. The van der Waals surface area contributed by atoms with E-state index in [1.54, 1.807) is 12.1 Å². The van der Waals surface area contributed by atoms with Crippen LogP contribution in [0.1, 0.15) is 24.0 Å². The maximum atomic E-state index is 14.0. The van der Waals surface area contributed by atoms with E-state index in [9.17, 15) is 9.18 Å². The zero-order chi connectivity index (χ0) is 19.6. The van der Waals surface area contributed by atoms with Crippen LogP contribution in [0.15, 0.2) is 42.5 Å². The number of carbonyl (C=O) groups is 1. The lowest BCUT2D eigenvalue weighted by Gasteiger charge is -2.37. The number of benzene rings is 2. The van der Waals surface area contributed by atoms with E-state index in [2.05, 4.69) is 10.2 Å². The van der Waals surface area contributed by atoms with Crippen LogP contribution < -0.4 is 10.1 Å². The van der Waals surface area contributed by atoms with Crippen molar-refractivity contribution in [2.24, 2.45) is 0 Å². The number of alkyl carbamates (subject to hydrolysis) is 1. The molecule has 1 spiro atoms. The number of nitrogens with one attached hydrogen (secondary N) is 1. The standard InChI is InChI=1S/C21H22ClFN2O3/c22-17-5-3-6-18(23)16(17)13-27-19-7-2-1-4-15(19)12-25-10-8-21(9-11-25)14-24-20(26)28-21/h1-7H,8-14H2,(H,24,26). The van der Waals surface area contributed by atoms with Crippen LogP contribution >= 0.6 is 11.6 Å². The Morgan fingerprint density at radius 1 is 1.18 bits per heavy atom. The zero-order valence-corrected chi connectivity index (χ0v) is 16.2. The fraction of sp³-hybridized carbons (Fsp3) is 0.381. The minimum absolute atomic E-state index is 0.0766. The molecule has 0 aliphatic carbocycles. The van der Waals surface area contributed by atoms with Crippen molar-refractivity contribution in [2.45, 2.75) is 31.6 Å². The summed E-state index contributed by atoms with van der Waals surface area (Å²) in [4.78, 5) is 13.7. The average molecular weight is 405 g/mol. The first-order valence-corrected chi connectivity index (χ1v) is 9.75. The third-order valence-corrected chi connectivity index (χ3v) is 5.79. The van der Waals surface area contributed by atoms with Gasteiger partial charge in [0.2, 0.25) is 0 Å². The number of hydrogen-bond acceptors (Lipinski definition) is 4. The summed E-state index contributed by atoms with van der Waals surface area (Å²) in [5.41, 5.74) is 1.03. The highest BCUT2D eigenvalue weighted by molar-refractivity contribution is 6.31. The molecule has 2 saturated heterocycles. The molecular weight excluding hydrogens is 383 g/mol. The SMILES string of the molecule is O=C1NCC2(CCN(Cc3ccccc3OCc3c(F)cccc3Cl)CC2)O1. The van der Waals surface area contributed by atoms with Gasteiger partial charge in [0.1, 0.15) is 23.8 Å². The van der Waals surface area contributed by atoms with Crippen molar-refractivity contribution in [1.29, 1.82) is 0 Å². The van der Waals surface area contributed by atoms with Crippen molar-refractivity contribution in [1.82, 2.24) is 10.2 Å². The van der Waals surface area contributed by atoms with Crippen molar-refractivity contribution in [3.8, 4) is 5.75 Å². The second-order valence-corrected chi connectivity index (χ2v) is 7.71. The first-order valence-electron chi connectivity index (χ1n) is 9.37. The Morgan fingerprint density at radius 2 is 1.96 bits per heavy atom. The predicted octanol–water partition coefficient (Wildman–Crippen LogP) is 4.13. The fourth-order valence-electron chi connectivity index (χ4n) is 3.74. The van der Waals surface area contributed by atoms with Crippen LogP contribution in [0.25, 0.3) is 0 Å². The Morgan fingerprint density at radius 3 is 2.68 bits per heavy atom. The fourth-order valence-corrected chi connectivity index (χ4v) is 3.95. The van der Waals surface area contributed by atoms with Crippen molar-refractivity contribution < 1.29 is 18.7 Å². The van der Waals surface area contributed by atoms with Crippen LogP contribution in [0.5, 0.6) is 5.75 Å². The van der Waals surface area contributed by atoms with Gasteiger partial charge < -0.3 is 14.8 Å². The normalized spacial score (nSPS) is 18.7. The van der Waals surface area contributed by atoms with Crippen LogP contribution in [0.2, 0.25) is 5.02 Å². The van der Waals surface area contributed by atoms with Gasteiger partial charge in [-0.05, 0) is 18.2 Å². The number of para-hydroxylation sites is 1. The summed E-state index contributed by atoms with van der Waals surface area (Å²) in [5.74, 6) is 0.349. The van der Waals surface area contributed by atoms with Gasteiger partial charge in [0.25, 0.3) is 0 Å². The number of likely N-dealkylation sites (tertiary alicyclic amines) is 1. The van der Waals surface area contributed by atoms with E-state index < -0.39 is 0 Å². The van der Waals surface area contributed by atoms with Gasteiger partial charge in [-0.2, -0.15) is 0 Å². The second-order valence-electron chi connectivity index (χ2n) is 7.30. The van der Waals surface area contributed by atoms with E-state index in [0.717, 1.165) is 43.8 Å². The summed E-state index contributed by atoms with van der Waals surface area (Å²) in [6, 6.07) is 12.4. The minimum atomic E-state index is -0.369. The average Bonchev–Trinajstić information content (AvgIpc) is 3.05. The number of hydrogen-bond donors (Lipinski definition) is 1. The summed E-state index contributed by atoms with van der Waals surface area (Å²) in [7, 11) is 0. The molecule has 0 atom stereocenters. The molecule has 0 radical (unpaired) electrons. The number of ether oxygens (including phenoxy) is 2. The number of amides is 1. The van der Waals surface area contributed by atoms with Crippen molar-refractivity contribution in [3.05, 3.63) is 64.4 Å². The van der Waals surface area contributed by atoms with E-state index >= 15 is 0 Å². The molecule has 2 aromatic rings. The third kappa shape index (κ3) is 4.08. The van der Waals surface area contributed by atoms with E-state index in [1.165, 1.54) is 6.07 Å². The number of carbonyl (C=O) groups excluding carboxylic acids is 1. The molecule has 0 bridgehead atoms. The Balaban J connectivity index is 1.39. The number of halogens is 2. The molecule has 28 heavy (non-hydrogen) atoms. The molecular formula is C21H22ClFN2O3. The number of rotatable bonds is 5. The lowest BCUT2D eigenvalue weighted by Crippen LogP contribution is -2.46. The molecule has 1 N–H and O–H groups in total. The van der Waals surface area contributed by atoms with Crippen molar-refractivity contribution in [2.75, 3.05) is 19.6 Å². The van der Waals surface area contributed by atoms with Gasteiger partial charge in [0.15, 0.2) is 0 Å². The first kappa shape index (κ1) is 19.0. The van der Waals surface area contributed by atoms with Crippen LogP contribution in [0.4, 0.5) is 9.18 Å². The second kappa shape index (κ2) is 7.97. The van der Waals surface area contributed by atoms with Crippen LogP contribution in [-0.2, 0) is 17.9 Å². The summed E-state index contributed by atoms with van der Waals surface area (Å²) in [6.07, 6.45) is 1.29. The Kier molecular flexibility index (Phi) is 5.42. The van der Waals surface area contributed by atoms with Crippen molar-refractivity contribution >= 4 is 17.7 Å². The molecule has 0 saturated carbocycles. The summed E-state index contributed by atoms with van der Waals surface area (Å²) in [6.45, 7) is 3.06. The molecule has 7 heteroatoms. The van der Waals surface area contributed by atoms with Gasteiger partial charge in [-0.1, -0.05) is 35.9 Å². The molecule has 2 fully saturated rings. The molecule has 148 valence electrons. The lowest BCUT2D eigenvalue weighted by atomic mass is 9.91. The molecule has 2 aliphatic rings. The Labute approximate surface area is 168 Å². The smallest absolute Gasteiger partial charge is 0.407 e. The zero-order valence-electron chi connectivity index (χ0n) is 15.4. The molecule has 4 rings (SSSR count). The number of nitrogens with zero attached hydrogens (tertiary/aromatic N) is 1. The number of piperidine rings is 1. The van der Waals surface area contributed by atoms with E-state index in [1.807, 2.05) is 24.3 Å². The van der Waals surface area contributed by atoms with Crippen LogP contribution in [-0.4, -0.2) is 36.2 Å². The van der Waals surface area contributed by atoms with E-state index in [0.29, 0.717) is 17.1 Å². The quantitative estimate of drug-likeness (QED) is 0.814. The molecule has 2 aromatic carbocycles. The molecule has 0 aromatic heterocycles. The maximum Gasteiger partial charge on any atom is 0.407 e. The summed E-state index contributed by atoms with van der Waals surface area (Å²) < 4.78 is 25.4. The van der Waals surface area contributed by atoms with Gasteiger partial charge >= 0.3 is 6.09 Å². The monoisotopic (exact) mass is 404 g/mol. The van der Waals surface area contributed by atoms with Gasteiger partial charge in [-0.15, -0.1) is 0 Å². The molecule has 2 heterocycles. The van der Waals surface area contributed by atoms with Crippen molar-refractivity contribution in [3.63, 3.8) is 0 Å². The highest BCUT2D eigenvalue weighted by atomic mass is 35.5. The van der Waals surface area contributed by atoms with Gasteiger partial charge in [-0.3, -0.25) is 4.90 Å². The highest BCUT2D eigenvalue weighted by Crippen LogP contribution is 2.31. The Bertz CT molecular complexity index is 848. The Hall–Kier alpha value is -2.31. The molecule has 1 amide bonds.